The zero-order chi connectivity index (χ0) is 24.5. The highest BCUT2D eigenvalue weighted by atomic mass is 35.5. The fourth-order valence-corrected chi connectivity index (χ4v) is 4.77. The normalized spacial score (nSPS) is 17.3. The number of hydrogen-bond acceptors (Lipinski definition) is 4. The second-order valence-corrected chi connectivity index (χ2v) is 9.18. The molecule has 35 heavy (non-hydrogen) atoms. The van der Waals surface area contributed by atoms with Gasteiger partial charge in [-0.1, -0.05) is 29.8 Å². The summed E-state index contributed by atoms with van der Waals surface area (Å²) in [5, 5.41) is 7.48. The molecule has 1 saturated heterocycles. The molecule has 0 spiro atoms. The summed E-state index contributed by atoms with van der Waals surface area (Å²) >= 11 is 12.1. The molecule has 2 aromatic carbocycles. The molecule has 4 aromatic rings. The smallest absolute Gasteiger partial charge is 0.221 e. The van der Waals surface area contributed by atoms with Gasteiger partial charge in [0.15, 0.2) is 5.11 Å². The largest absolute Gasteiger partial charge is 0.459 e. The summed E-state index contributed by atoms with van der Waals surface area (Å²) in [5.74, 6) is 1.34. The third kappa shape index (κ3) is 4.65. The number of thiocarbonyl (C=S) groups is 1. The molecule has 2 N–H and O–H groups in total. The van der Waals surface area contributed by atoms with Crippen LogP contribution in [0.2, 0.25) is 5.02 Å². The lowest BCUT2D eigenvalue weighted by Gasteiger charge is -2.26. The molecule has 0 radical (unpaired) electrons. The van der Waals surface area contributed by atoms with Gasteiger partial charge in [-0.05, 0) is 79.3 Å². The first-order chi connectivity index (χ1) is 16.9. The molecule has 8 heteroatoms. The molecular formula is C27H23ClN4O2S. The number of carbonyl (C=O) groups excluding carboxylic acids is 1. The molecule has 6 nitrogen and oxygen atoms in total. The Morgan fingerprint density at radius 3 is 2.60 bits per heavy atom. The van der Waals surface area contributed by atoms with E-state index in [1.165, 1.54) is 6.92 Å². The number of nitrogens with one attached hydrogen (secondary N) is 2. The molecule has 0 bridgehead atoms. The van der Waals surface area contributed by atoms with E-state index in [2.05, 4.69) is 15.6 Å². The van der Waals surface area contributed by atoms with Gasteiger partial charge in [-0.25, -0.2) is 0 Å². The molecule has 176 valence electrons. The molecule has 2 atom stereocenters. The summed E-state index contributed by atoms with van der Waals surface area (Å²) in [6.07, 6.45) is 1.77. The number of pyridine rings is 1. The molecule has 1 aliphatic rings. The molecule has 1 amide bonds. The van der Waals surface area contributed by atoms with Crippen LogP contribution >= 0.6 is 23.8 Å². The summed E-state index contributed by atoms with van der Waals surface area (Å²) in [6, 6.07) is 22.7. The predicted octanol–water partition coefficient (Wildman–Crippen LogP) is 6.44. The number of halogens is 1. The maximum absolute atomic E-state index is 11.4. The third-order valence-electron chi connectivity index (χ3n) is 5.94. The Morgan fingerprint density at radius 2 is 1.91 bits per heavy atom. The van der Waals surface area contributed by atoms with Crippen molar-refractivity contribution in [2.24, 2.45) is 0 Å². The predicted molar refractivity (Wildman–Crippen MR) is 143 cm³/mol. The SMILES string of the molecule is CC(=O)Nc1ccc(N2C(=S)N[C@@H](c3ccccn3)[C@H]2c2ccc(-c3ccc(C)c(Cl)c3)o2)cc1. The second kappa shape index (κ2) is 9.52. The summed E-state index contributed by atoms with van der Waals surface area (Å²) in [6.45, 7) is 3.45. The summed E-state index contributed by atoms with van der Waals surface area (Å²) < 4.78 is 6.39. The number of rotatable bonds is 5. The van der Waals surface area contributed by atoms with Crippen LogP contribution in [0.1, 0.15) is 36.0 Å². The van der Waals surface area contributed by atoms with Gasteiger partial charge in [-0.3, -0.25) is 9.78 Å². The van der Waals surface area contributed by atoms with Gasteiger partial charge in [0.1, 0.15) is 17.6 Å². The van der Waals surface area contributed by atoms with Crippen LogP contribution in [0.25, 0.3) is 11.3 Å². The average molecular weight is 503 g/mol. The van der Waals surface area contributed by atoms with Crippen LogP contribution in [0.15, 0.2) is 83.4 Å². The van der Waals surface area contributed by atoms with Crippen LogP contribution < -0.4 is 15.5 Å². The van der Waals surface area contributed by atoms with Gasteiger partial charge in [-0.15, -0.1) is 0 Å². The maximum atomic E-state index is 11.4. The number of benzene rings is 2. The first-order valence-corrected chi connectivity index (χ1v) is 11.9. The molecule has 2 aromatic heterocycles. The van der Waals surface area contributed by atoms with Gasteiger partial charge in [0, 0.05) is 35.1 Å². The van der Waals surface area contributed by atoms with Crippen molar-refractivity contribution in [2.75, 3.05) is 10.2 Å². The highest BCUT2D eigenvalue weighted by molar-refractivity contribution is 7.80. The fourth-order valence-electron chi connectivity index (χ4n) is 4.24. The van der Waals surface area contributed by atoms with Gasteiger partial charge < -0.3 is 20.0 Å². The third-order valence-corrected chi connectivity index (χ3v) is 6.66. The van der Waals surface area contributed by atoms with Crippen molar-refractivity contribution in [3.63, 3.8) is 0 Å². The summed E-state index contributed by atoms with van der Waals surface area (Å²) in [4.78, 5) is 18.0. The van der Waals surface area contributed by atoms with E-state index in [9.17, 15) is 4.79 Å². The van der Waals surface area contributed by atoms with E-state index in [1.54, 1.807) is 6.20 Å². The Labute approximate surface area is 213 Å². The molecule has 3 heterocycles. The second-order valence-electron chi connectivity index (χ2n) is 8.39. The topological polar surface area (TPSA) is 70.4 Å². The number of carbonyl (C=O) groups is 1. The van der Waals surface area contributed by atoms with Crippen LogP contribution in [0.4, 0.5) is 11.4 Å². The van der Waals surface area contributed by atoms with Crippen molar-refractivity contribution in [2.45, 2.75) is 25.9 Å². The van der Waals surface area contributed by atoms with Crippen LogP contribution in [0.3, 0.4) is 0 Å². The summed E-state index contributed by atoms with van der Waals surface area (Å²) in [7, 11) is 0. The number of aromatic nitrogens is 1. The Kier molecular flexibility index (Phi) is 6.28. The van der Waals surface area contributed by atoms with E-state index in [0.717, 1.165) is 34.0 Å². The molecule has 5 rings (SSSR count). The van der Waals surface area contributed by atoms with Crippen molar-refractivity contribution in [3.8, 4) is 11.3 Å². The molecule has 0 unspecified atom stereocenters. The van der Waals surface area contributed by atoms with Crippen molar-refractivity contribution in [3.05, 3.63) is 101 Å². The van der Waals surface area contributed by atoms with Crippen LogP contribution in [-0.4, -0.2) is 16.0 Å². The van der Waals surface area contributed by atoms with Gasteiger partial charge >= 0.3 is 0 Å². The minimum atomic E-state index is -0.279. The lowest BCUT2D eigenvalue weighted by atomic mass is 10.0. The lowest BCUT2D eigenvalue weighted by Crippen LogP contribution is -2.29. The van der Waals surface area contributed by atoms with E-state index in [1.807, 2.05) is 84.6 Å². The van der Waals surface area contributed by atoms with Gasteiger partial charge in [0.25, 0.3) is 0 Å². The van der Waals surface area contributed by atoms with Gasteiger partial charge in [-0.2, -0.15) is 0 Å². The fraction of sp³-hybridized carbons (Fsp3) is 0.148. The van der Waals surface area contributed by atoms with Crippen LogP contribution in [0.5, 0.6) is 0 Å². The lowest BCUT2D eigenvalue weighted by molar-refractivity contribution is -0.114. The monoisotopic (exact) mass is 502 g/mol. The molecular weight excluding hydrogens is 480 g/mol. The average Bonchev–Trinajstić information content (AvgIpc) is 3.46. The molecule has 0 aliphatic carbocycles. The minimum absolute atomic E-state index is 0.122. The number of anilines is 2. The van der Waals surface area contributed by atoms with Gasteiger partial charge in [0.2, 0.25) is 5.91 Å². The number of hydrogen-bond donors (Lipinski definition) is 2. The molecule has 0 saturated carbocycles. The molecule has 1 fully saturated rings. The van der Waals surface area contributed by atoms with E-state index in [4.69, 9.17) is 28.2 Å². The number of furan rings is 1. The Bertz CT molecular complexity index is 1390. The minimum Gasteiger partial charge on any atom is -0.459 e. The van der Waals surface area contributed by atoms with E-state index in [-0.39, 0.29) is 18.0 Å². The highest BCUT2D eigenvalue weighted by Crippen LogP contribution is 2.43. The summed E-state index contributed by atoms with van der Waals surface area (Å²) in [5.41, 5.74) is 4.36. The molecule has 1 aliphatic heterocycles. The van der Waals surface area contributed by atoms with Crippen molar-refractivity contribution in [1.82, 2.24) is 10.3 Å². The van der Waals surface area contributed by atoms with Crippen molar-refractivity contribution < 1.29 is 9.21 Å². The Balaban J connectivity index is 1.55. The highest BCUT2D eigenvalue weighted by Gasteiger charge is 2.42. The van der Waals surface area contributed by atoms with E-state index in [0.29, 0.717) is 15.8 Å². The first kappa shape index (κ1) is 23.1. The first-order valence-electron chi connectivity index (χ1n) is 11.2. The Hall–Kier alpha value is -3.68. The quantitative estimate of drug-likeness (QED) is 0.306. The van der Waals surface area contributed by atoms with E-state index >= 15 is 0 Å². The van der Waals surface area contributed by atoms with Crippen LogP contribution in [-0.2, 0) is 4.79 Å². The number of aryl methyl sites for hydroxylation is 1. The van der Waals surface area contributed by atoms with Gasteiger partial charge in [0.05, 0.1) is 11.7 Å². The number of nitrogens with zero attached hydrogens (tertiary/aromatic N) is 2. The van der Waals surface area contributed by atoms with Crippen LogP contribution in [0, 0.1) is 6.92 Å². The van der Waals surface area contributed by atoms with Crippen molar-refractivity contribution >= 4 is 46.2 Å². The van der Waals surface area contributed by atoms with E-state index < -0.39 is 0 Å². The zero-order valence-corrected chi connectivity index (χ0v) is 20.7. The van der Waals surface area contributed by atoms with Crippen molar-refractivity contribution in [1.29, 1.82) is 0 Å². The zero-order valence-electron chi connectivity index (χ0n) is 19.2. The number of amides is 1. The maximum Gasteiger partial charge on any atom is 0.221 e. The Morgan fingerprint density at radius 1 is 1.11 bits per heavy atom. The standard InChI is InChI=1S/C27H23ClN4O2S/c1-16-6-7-18(15-21(16)28)23-12-13-24(34-23)26-25(22-5-3-4-14-29-22)31-27(35)32(26)20-10-8-19(9-11-20)30-17(2)33/h3-15,25-26H,1-2H3,(H,30,33)(H,31,35)/t25-,26+/m0/s1.